The zero-order valence-corrected chi connectivity index (χ0v) is 67.6. The molecule has 0 saturated carbocycles. The van der Waals surface area contributed by atoms with Crippen LogP contribution in [0, 0.1) is 0 Å². The molecule has 2 amide bonds. The van der Waals surface area contributed by atoms with Crippen molar-refractivity contribution in [1.82, 2.24) is 0 Å². The number of primary amides is 2. The molecule has 584 valence electrons. The van der Waals surface area contributed by atoms with E-state index in [0.717, 1.165) is 37.7 Å². The lowest BCUT2D eigenvalue weighted by molar-refractivity contribution is -0.0584. The maximum atomic E-state index is 11.8. The highest BCUT2D eigenvalue weighted by molar-refractivity contribution is 5.67. The number of nitrogens with two attached hydrogens (primary N) is 2. The Hall–Kier alpha value is -2.24. The molecule has 0 radical (unpaired) electrons. The molecule has 0 atom stereocenters. The van der Waals surface area contributed by atoms with E-state index in [4.69, 9.17) is 20.9 Å². The van der Waals surface area contributed by atoms with E-state index in [9.17, 15) is 9.59 Å². The van der Waals surface area contributed by atoms with Crippen molar-refractivity contribution in [1.29, 1.82) is 0 Å². The fourth-order valence-corrected chi connectivity index (χ4v) is 15.8. The summed E-state index contributed by atoms with van der Waals surface area (Å²) in [6.07, 6.45) is 113. The highest BCUT2D eigenvalue weighted by Gasteiger charge is 2.23. The van der Waals surface area contributed by atoms with Crippen LogP contribution in [0.4, 0.5) is 9.59 Å². The number of hydrogen-bond donors (Lipinski definition) is 2. The monoisotopic (exact) mass is 1390 g/mol. The molecule has 0 aromatic heterocycles. The molecule has 0 heterocycles. The summed E-state index contributed by atoms with van der Waals surface area (Å²) < 4.78 is 10.5. The third kappa shape index (κ3) is 73.9. The number of unbranched alkanes of at least 4 members (excludes halogenated alkanes) is 78. The first kappa shape index (κ1) is 94.8. The summed E-state index contributed by atoms with van der Waals surface area (Å²) in [6.45, 7) is 4.62. The van der Waals surface area contributed by atoms with E-state index < -0.39 is 18.5 Å². The first-order valence-corrected chi connectivity index (χ1v) is 46.0. The molecule has 1 rings (SSSR count). The minimum absolute atomic E-state index is 0.667. The van der Waals surface area contributed by atoms with Gasteiger partial charge in [0.1, 0.15) is 0 Å². The predicted molar refractivity (Wildman–Crippen MR) is 439 cm³/mol. The minimum Gasteiger partial charge on any atom is -0.405 e. The van der Waals surface area contributed by atoms with Crippen LogP contribution in [0.2, 0.25) is 0 Å². The van der Waals surface area contributed by atoms with Crippen LogP contribution < -0.4 is 11.5 Å². The number of benzene rings is 1. The normalized spacial score (nSPS) is 11.7. The number of ether oxygens (including phenoxy) is 2. The van der Waals surface area contributed by atoms with E-state index in [1.807, 2.05) is 6.07 Å². The van der Waals surface area contributed by atoms with Gasteiger partial charge in [0.05, 0.1) is 0 Å². The number of hydrogen-bond acceptors (Lipinski definition) is 4. The van der Waals surface area contributed by atoms with Crippen LogP contribution in [0.5, 0.6) is 0 Å². The lowest BCUT2D eigenvalue weighted by Gasteiger charge is -2.20. The van der Waals surface area contributed by atoms with Crippen molar-refractivity contribution in [3.05, 3.63) is 34.9 Å². The summed E-state index contributed by atoms with van der Waals surface area (Å²) in [5.74, 6) is 0. The van der Waals surface area contributed by atoms with Crippen LogP contribution in [0.25, 0.3) is 0 Å². The zero-order valence-electron chi connectivity index (χ0n) is 67.6. The van der Waals surface area contributed by atoms with Crippen LogP contribution in [-0.2, 0) is 22.3 Å². The Bertz CT molecular complexity index is 1720. The summed E-state index contributed by atoms with van der Waals surface area (Å²) in [5, 5.41) is 0. The van der Waals surface area contributed by atoms with Gasteiger partial charge in [-0.1, -0.05) is 533 Å². The van der Waals surface area contributed by atoms with Crippen molar-refractivity contribution >= 4 is 12.2 Å². The van der Waals surface area contributed by atoms with Crippen LogP contribution in [-0.4, -0.2) is 12.2 Å². The molecular weight excluding hydrogens is 1210 g/mol. The van der Waals surface area contributed by atoms with Gasteiger partial charge in [-0.05, 0) is 36.8 Å². The molecule has 0 unspecified atom stereocenters. The number of rotatable bonds is 85. The van der Waals surface area contributed by atoms with Crippen molar-refractivity contribution in [3.63, 3.8) is 0 Å². The summed E-state index contributed by atoms with van der Waals surface area (Å²) in [5.41, 5.74) is 13.8. The van der Waals surface area contributed by atoms with E-state index in [0.29, 0.717) is 5.56 Å². The van der Waals surface area contributed by atoms with Gasteiger partial charge in [-0.3, -0.25) is 0 Å². The molecule has 0 spiro atoms. The van der Waals surface area contributed by atoms with Gasteiger partial charge < -0.3 is 20.9 Å². The Kier molecular flexibility index (Phi) is 78.0. The van der Waals surface area contributed by atoms with Gasteiger partial charge >= 0.3 is 12.2 Å². The summed E-state index contributed by atoms with van der Waals surface area (Å²) in [7, 11) is 0. The van der Waals surface area contributed by atoms with Gasteiger partial charge in [-0.2, -0.15) is 0 Å². The molecule has 99 heavy (non-hydrogen) atoms. The minimum atomic E-state index is -1.23. The topological polar surface area (TPSA) is 105 Å². The van der Waals surface area contributed by atoms with Gasteiger partial charge in [-0.25, -0.2) is 9.59 Å². The largest absolute Gasteiger partial charge is 0.407 e. The van der Waals surface area contributed by atoms with Gasteiger partial charge in [0.25, 0.3) is 6.29 Å². The summed E-state index contributed by atoms with van der Waals surface area (Å²) >= 11 is 0. The standard InChI is InChI=1S/C93H178N2O4/c1-3-5-7-9-11-13-15-17-19-21-23-25-27-29-31-33-35-37-39-41-43-45-47-49-51-53-55-57-59-61-63-65-67-69-71-73-75-77-79-81-83-88-85-86-90(91(98-92(94)96)99-93(95)97)89(87-88)84-82-80-78-76-74-72-70-68-66-64-62-60-58-56-54-52-50-48-46-44-42-40-38-36-34-32-30-28-26-24-22-20-18-16-14-12-10-8-6-4-2/h85-87,91H,3-84H2,1-2H3,(H2,94,96)(H2,95,97). The van der Waals surface area contributed by atoms with Crippen molar-refractivity contribution in [2.24, 2.45) is 11.5 Å². The lowest BCUT2D eigenvalue weighted by Crippen LogP contribution is -2.25. The van der Waals surface area contributed by atoms with Crippen LogP contribution in [0.15, 0.2) is 18.2 Å². The van der Waals surface area contributed by atoms with Crippen molar-refractivity contribution in [2.45, 2.75) is 547 Å². The molecule has 1 aromatic carbocycles. The Balaban J connectivity index is 1.94. The van der Waals surface area contributed by atoms with Crippen LogP contribution in [0.1, 0.15) is 550 Å². The van der Waals surface area contributed by atoms with E-state index in [2.05, 4.69) is 26.0 Å². The third-order valence-electron chi connectivity index (χ3n) is 22.5. The molecule has 6 heteroatoms. The number of carbonyl (C=O) groups excluding carboxylic acids is 2. The SMILES string of the molecule is CCCCCCCCCCCCCCCCCCCCCCCCCCCCCCCCCCCCCCCCCCc1ccc(C(OC(N)=O)OC(N)=O)c(CCCCCCCCCCCCCCCCCCCCCCCCCCCCCCCCCCCCCCCCCC)c1. The molecular formula is C93H178N2O4. The Morgan fingerprint density at radius 2 is 0.384 bits per heavy atom. The average Bonchev–Trinajstić information content (AvgIpc) is 0.840. The van der Waals surface area contributed by atoms with Gasteiger partial charge in [-0.15, -0.1) is 0 Å². The molecule has 0 aliphatic rings. The number of amides is 2. The van der Waals surface area contributed by atoms with E-state index in [-0.39, 0.29) is 0 Å². The molecule has 0 saturated heterocycles. The van der Waals surface area contributed by atoms with Crippen LogP contribution >= 0.6 is 0 Å². The van der Waals surface area contributed by atoms with E-state index >= 15 is 0 Å². The predicted octanol–water partition coefficient (Wildman–Crippen LogP) is 33.2. The molecule has 1 aromatic rings. The number of carbonyl (C=O) groups is 2. The van der Waals surface area contributed by atoms with Crippen molar-refractivity contribution in [3.8, 4) is 0 Å². The first-order chi connectivity index (χ1) is 49.0. The smallest absolute Gasteiger partial charge is 0.405 e. The highest BCUT2D eigenvalue weighted by Crippen LogP contribution is 2.29. The maximum absolute atomic E-state index is 11.8. The Labute approximate surface area is 620 Å². The highest BCUT2D eigenvalue weighted by atomic mass is 16.7. The molecule has 0 aliphatic heterocycles. The Morgan fingerprint density at radius 3 is 0.545 bits per heavy atom. The first-order valence-electron chi connectivity index (χ1n) is 46.0. The molecule has 0 aliphatic carbocycles. The fourth-order valence-electron chi connectivity index (χ4n) is 15.8. The number of aryl methyl sites for hydroxylation is 2. The Morgan fingerprint density at radius 1 is 0.232 bits per heavy atom. The summed E-state index contributed by atoms with van der Waals surface area (Å²) in [4.78, 5) is 23.6. The molecule has 0 bridgehead atoms. The fraction of sp³-hybridized carbons (Fsp3) is 0.914. The van der Waals surface area contributed by atoms with Crippen molar-refractivity contribution < 1.29 is 19.1 Å². The molecule has 4 N–H and O–H groups in total. The van der Waals surface area contributed by atoms with Gasteiger partial charge in [0.2, 0.25) is 0 Å². The second-order valence-corrected chi connectivity index (χ2v) is 32.3. The second-order valence-electron chi connectivity index (χ2n) is 32.3. The molecule has 6 nitrogen and oxygen atoms in total. The van der Waals surface area contributed by atoms with Crippen molar-refractivity contribution in [2.75, 3.05) is 0 Å². The van der Waals surface area contributed by atoms with Crippen LogP contribution in [0.3, 0.4) is 0 Å². The lowest BCUT2D eigenvalue weighted by atomic mass is 9.95. The van der Waals surface area contributed by atoms with E-state index in [1.54, 1.807) is 0 Å². The third-order valence-corrected chi connectivity index (χ3v) is 22.5. The van der Waals surface area contributed by atoms with E-state index in [1.165, 1.54) is 500 Å². The molecule has 0 fully saturated rings. The summed E-state index contributed by atoms with van der Waals surface area (Å²) in [6, 6.07) is 6.25. The zero-order chi connectivity index (χ0) is 71.0. The van der Waals surface area contributed by atoms with Gasteiger partial charge in [0.15, 0.2) is 0 Å². The maximum Gasteiger partial charge on any atom is 0.407 e. The second kappa shape index (κ2) is 81.4. The quantitative estimate of drug-likeness (QED) is 0.0501. The average molecular weight is 1390 g/mol. The van der Waals surface area contributed by atoms with Gasteiger partial charge in [0, 0.05) is 5.56 Å².